The zero-order valence-corrected chi connectivity index (χ0v) is 12.1. The van der Waals surface area contributed by atoms with Crippen LogP contribution >= 0.6 is 11.6 Å². The van der Waals surface area contributed by atoms with E-state index in [0.29, 0.717) is 5.28 Å². The minimum Gasteiger partial charge on any atom is -0.372 e. The molecule has 0 saturated carbocycles. The van der Waals surface area contributed by atoms with Gasteiger partial charge in [0, 0.05) is 25.2 Å². The Balaban J connectivity index is 1.97. The fourth-order valence-corrected chi connectivity index (χ4v) is 3.10. The van der Waals surface area contributed by atoms with Crippen molar-refractivity contribution < 1.29 is 4.74 Å². The van der Waals surface area contributed by atoms with Crippen LogP contribution in [0.25, 0.3) is 0 Å². The molecular formula is C13H19ClN4O. The van der Waals surface area contributed by atoms with E-state index in [1.165, 1.54) is 5.56 Å². The van der Waals surface area contributed by atoms with Crippen LogP contribution in [-0.2, 0) is 17.7 Å². The predicted molar refractivity (Wildman–Crippen MR) is 74.7 cm³/mol. The first-order valence-corrected chi connectivity index (χ1v) is 7.17. The first-order valence-electron chi connectivity index (χ1n) is 6.80. The van der Waals surface area contributed by atoms with E-state index in [1.807, 2.05) is 0 Å². The lowest BCUT2D eigenvalue weighted by molar-refractivity contribution is -0.00552. The van der Waals surface area contributed by atoms with Crippen LogP contribution in [0.5, 0.6) is 0 Å². The Morgan fingerprint density at radius 1 is 1.26 bits per heavy atom. The van der Waals surface area contributed by atoms with Gasteiger partial charge in [0.15, 0.2) is 0 Å². The van der Waals surface area contributed by atoms with Gasteiger partial charge in [-0.25, -0.2) is 9.97 Å². The van der Waals surface area contributed by atoms with E-state index in [0.717, 1.165) is 44.1 Å². The second-order valence-corrected chi connectivity index (χ2v) is 5.67. The molecular weight excluding hydrogens is 264 g/mol. The maximum Gasteiger partial charge on any atom is 0.224 e. The third-order valence-corrected chi connectivity index (χ3v) is 3.78. The summed E-state index contributed by atoms with van der Waals surface area (Å²) < 4.78 is 5.78. The number of anilines is 1. The van der Waals surface area contributed by atoms with Crippen LogP contribution in [0.15, 0.2) is 0 Å². The highest BCUT2D eigenvalue weighted by Gasteiger charge is 2.27. The lowest BCUT2D eigenvalue weighted by Crippen LogP contribution is -2.46. The standard InChI is InChI=1S/C13H19ClN4O/c1-8-6-18(7-9(2)19-8)12-10-3-4-15-5-11(10)16-13(14)17-12/h8-9,15H,3-7H2,1-2H3/t8-,9+. The fourth-order valence-electron chi connectivity index (χ4n) is 2.92. The number of morpholine rings is 1. The van der Waals surface area contributed by atoms with Crippen molar-refractivity contribution in [2.24, 2.45) is 0 Å². The smallest absolute Gasteiger partial charge is 0.224 e. The summed E-state index contributed by atoms with van der Waals surface area (Å²) in [5.74, 6) is 0.999. The van der Waals surface area contributed by atoms with Crippen LogP contribution in [0, 0.1) is 0 Å². The molecule has 0 spiro atoms. The second kappa shape index (κ2) is 5.23. The van der Waals surface area contributed by atoms with Gasteiger partial charge in [0.05, 0.1) is 17.9 Å². The van der Waals surface area contributed by atoms with Crippen LogP contribution in [0.1, 0.15) is 25.1 Å². The number of aromatic nitrogens is 2. The topological polar surface area (TPSA) is 50.3 Å². The van der Waals surface area contributed by atoms with Gasteiger partial charge in [-0.2, -0.15) is 0 Å². The van der Waals surface area contributed by atoms with E-state index >= 15 is 0 Å². The molecule has 0 aromatic carbocycles. The van der Waals surface area contributed by atoms with Gasteiger partial charge in [-0.3, -0.25) is 0 Å². The molecule has 5 nitrogen and oxygen atoms in total. The molecule has 1 N–H and O–H groups in total. The molecule has 1 saturated heterocycles. The fraction of sp³-hybridized carbons (Fsp3) is 0.692. The average molecular weight is 283 g/mol. The summed E-state index contributed by atoms with van der Waals surface area (Å²) in [6, 6.07) is 0. The quantitative estimate of drug-likeness (QED) is 0.789. The summed E-state index contributed by atoms with van der Waals surface area (Å²) >= 11 is 6.07. The second-order valence-electron chi connectivity index (χ2n) is 5.33. The van der Waals surface area contributed by atoms with Crippen molar-refractivity contribution >= 4 is 17.4 Å². The van der Waals surface area contributed by atoms with E-state index in [2.05, 4.69) is 34.0 Å². The summed E-state index contributed by atoms with van der Waals surface area (Å²) in [6.07, 6.45) is 1.40. The Morgan fingerprint density at radius 3 is 2.74 bits per heavy atom. The van der Waals surface area contributed by atoms with E-state index in [4.69, 9.17) is 16.3 Å². The Bertz CT molecular complexity index is 472. The number of hydrogen-bond donors (Lipinski definition) is 1. The van der Waals surface area contributed by atoms with Crippen molar-refractivity contribution in [1.29, 1.82) is 0 Å². The Labute approximate surface area is 118 Å². The first-order chi connectivity index (χ1) is 9.13. The SMILES string of the molecule is C[C@@H]1CN(c2nc(Cl)nc3c2CCNC3)C[C@H](C)O1. The predicted octanol–water partition coefficient (Wildman–Crippen LogP) is 1.39. The molecule has 104 valence electrons. The first kappa shape index (κ1) is 13.1. The largest absolute Gasteiger partial charge is 0.372 e. The molecule has 3 heterocycles. The van der Waals surface area contributed by atoms with Gasteiger partial charge in [-0.15, -0.1) is 0 Å². The summed E-state index contributed by atoms with van der Waals surface area (Å²) in [4.78, 5) is 11.1. The number of nitrogens with one attached hydrogen (secondary N) is 1. The lowest BCUT2D eigenvalue weighted by atomic mass is 10.1. The highest BCUT2D eigenvalue weighted by atomic mass is 35.5. The van der Waals surface area contributed by atoms with Crippen molar-refractivity contribution in [3.63, 3.8) is 0 Å². The van der Waals surface area contributed by atoms with Gasteiger partial charge in [-0.1, -0.05) is 0 Å². The molecule has 1 aromatic heterocycles. The van der Waals surface area contributed by atoms with E-state index < -0.39 is 0 Å². The highest BCUT2D eigenvalue weighted by Crippen LogP contribution is 2.27. The molecule has 0 unspecified atom stereocenters. The van der Waals surface area contributed by atoms with Crippen molar-refractivity contribution in [2.75, 3.05) is 24.5 Å². The zero-order valence-electron chi connectivity index (χ0n) is 11.3. The summed E-state index contributed by atoms with van der Waals surface area (Å²) in [5, 5.41) is 3.66. The molecule has 2 aliphatic rings. The molecule has 2 aliphatic heterocycles. The molecule has 0 bridgehead atoms. The van der Waals surface area contributed by atoms with Crippen LogP contribution in [0.4, 0.5) is 5.82 Å². The van der Waals surface area contributed by atoms with Gasteiger partial charge in [0.1, 0.15) is 5.82 Å². The van der Waals surface area contributed by atoms with Gasteiger partial charge < -0.3 is 15.0 Å². The molecule has 0 aliphatic carbocycles. The van der Waals surface area contributed by atoms with Gasteiger partial charge in [-0.05, 0) is 38.4 Å². The molecule has 1 aromatic rings. The summed E-state index contributed by atoms with van der Waals surface area (Å²) in [7, 11) is 0. The zero-order chi connectivity index (χ0) is 13.4. The van der Waals surface area contributed by atoms with Gasteiger partial charge in [0.25, 0.3) is 0 Å². The summed E-state index contributed by atoms with van der Waals surface area (Å²) in [6.45, 7) is 7.66. The van der Waals surface area contributed by atoms with Gasteiger partial charge >= 0.3 is 0 Å². The molecule has 1 fully saturated rings. The normalized spacial score (nSPS) is 27.2. The molecule has 19 heavy (non-hydrogen) atoms. The monoisotopic (exact) mass is 282 g/mol. The van der Waals surface area contributed by atoms with Gasteiger partial charge in [0.2, 0.25) is 5.28 Å². The minimum absolute atomic E-state index is 0.217. The number of rotatable bonds is 1. The van der Waals surface area contributed by atoms with Crippen LogP contribution < -0.4 is 10.2 Å². The van der Waals surface area contributed by atoms with Crippen molar-refractivity contribution in [2.45, 2.75) is 39.0 Å². The number of nitrogens with zero attached hydrogens (tertiary/aromatic N) is 3. The average Bonchev–Trinajstić information content (AvgIpc) is 2.36. The number of fused-ring (bicyclic) bond motifs is 1. The van der Waals surface area contributed by atoms with E-state index in [-0.39, 0.29) is 12.2 Å². The minimum atomic E-state index is 0.217. The number of hydrogen-bond acceptors (Lipinski definition) is 5. The van der Waals surface area contributed by atoms with E-state index in [9.17, 15) is 0 Å². The highest BCUT2D eigenvalue weighted by molar-refractivity contribution is 6.28. The third-order valence-electron chi connectivity index (χ3n) is 3.61. The molecule has 6 heteroatoms. The molecule has 2 atom stereocenters. The summed E-state index contributed by atoms with van der Waals surface area (Å²) in [5.41, 5.74) is 2.28. The molecule has 3 rings (SSSR count). The number of halogens is 1. The Kier molecular flexibility index (Phi) is 3.60. The number of ether oxygens (including phenoxy) is 1. The van der Waals surface area contributed by atoms with Crippen LogP contribution in [0.3, 0.4) is 0 Å². The molecule has 0 radical (unpaired) electrons. The maximum absolute atomic E-state index is 6.07. The Hall–Kier alpha value is -0.910. The molecule has 0 amide bonds. The Morgan fingerprint density at radius 2 is 2.00 bits per heavy atom. The lowest BCUT2D eigenvalue weighted by Gasteiger charge is -2.37. The van der Waals surface area contributed by atoms with E-state index in [1.54, 1.807) is 0 Å². The van der Waals surface area contributed by atoms with Crippen LogP contribution in [-0.4, -0.2) is 41.8 Å². The van der Waals surface area contributed by atoms with Crippen molar-refractivity contribution in [3.8, 4) is 0 Å². The van der Waals surface area contributed by atoms with Crippen molar-refractivity contribution in [1.82, 2.24) is 15.3 Å². The third kappa shape index (κ3) is 2.68. The van der Waals surface area contributed by atoms with Crippen molar-refractivity contribution in [3.05, 3.63) is 16.5 Å². The maximum atomic E-state index is 6.07. The van der Waals surface area contributed by atoms with Crippen LogP contribution in [0.2, 0.25) is 5.28 Å².